The van der Waals surface area contributed by atoms with Gasteiger partial charge in [0.25, 0.3) is 0 Å². The summed E-state index contributed by atoms with van der Waals surface area (Å²) in [5.41, 5.74) is 3.69. The van der Waals surface area contributed by atoms with E-state index in [2.05, 4.69) is 31.1 Å². The Bertz CT molecular complexity index is 1520. The molecule has 0 amide bonds. The minimum absolute atomic E-state index is 0.253. The zero-order valence-electron chi connectivity index (χ0n) is 22.2. The highest BCUT2D eigenvalue weighted by Crippen LogP contribution is 2.26. The quantitative estimate of drug-likeness (QED) is 0.327. The van der Waals surface area contributed by atoms with E-state index in [0.29, 0.717) is 0 Å². The normalized spacial score (nSPS) is 14.0. The summed E-state index contributed by atoms with van der Waals surface area (Å²) in [4.78, 5) is 31.7. The Balaban J connectivity index is 0.000000303. The van der Waals surface area contributed by atoms with E-state index in [1.165, 1.54) is 17.7 Å². The van der Waals surface area contributed by atoms with Crippen LogP contribution in [0.25, 0.3) is 16.9 Å². The molecule has 1 saturated heterocycles. The van der Waals surface area contributed by atoms with Crippen molar-refractivity contribution < 1.29 is 50.5 Å². The molecule has 2 N–H and O–H groups in total. The lowest BCUT2D eigenvalue weighted by atomic mass is 10.1. The van der Waals surface area contributed by atoms with Gasteiger partial charge in [-0.2, -0.15) is 31.4 Å². The average Bonchev–Trinajstić information content (AvgIpc) is 3.54. The van der Waals surface area contributed by atoms with Gasteiger partial charge in [-0.3, -0.25) is 14.0 Å². The Morgan fingerprint density at radius 1 is 0.930 bits per heavy atom. The van der Waals surface area contributed by atoms with E-state index in [1.807, 2.05) is 34.6 Å². The number of hydrogen-bond acceptors (Lipinski definition) is 7. The van der Waals surface area contributed by atoms with Gasteiger partial charge in [0, 0.05) is 69.5 Å². The van der Waals surface area contributed by atoms with Crippen molar-refractivity contribution in [3.8, 4) is 11.3 Å². The summed E-state index contributed by atoms with van der Waals surface area (Å²) in [7, 11) is 1.94. The first kappa shape index (κ1) is 32.8. The van der Waals surface area contributed by atoms with Gasteiger partial charge >= 0.3 is 24.3 Å². The molecule has 1 aliphatic heterocycles. The number of benzene rings is 1. The number of anilines is 1. The predicted molar refractivity (Wildman–Crippen MR) is 136 cm³/mol. The van der Waals surface area contributed by atoms with Crippen LogP contribution in [0.1, 0.15) is 5.56 Å². The minimum atomic E-state index is -5.08. The molecule has 0 bridgehead atoms. The van der Waals surface area contributed by atoms with Crippen LogP contribution < -0.4 is 4.90 Å². The maximum absolute atomic E-state index is 13.7. The summed E-state index contributed by atoms with van der Waals surface area (Å²) in [6.45, 7) is 4.58. The maximum atomic E-state index is 13.7. The van der Waals surface area contributed by atoms with Gasteiger partial charge in [-0.1, -0.05) is 12.1 Å². The summed E-state index contributed by atoms with van der Waals surface area (Å²) in [6.07, 6.45) is -0.728. The number of carbonyl (C=O) groups is 2. The fourth-order valence-electron chi connectivity index (χ4n) is 3.92. The third-order valence-corrected chi connectivity index (χ3v) is 5.85. The van der Waals surface area contributed by atoms with Gasteiger partial charge in [-0.05, 0) is 12.1 Å². The predicted octanol–water partition coefficient (Wildman–Crippen LogP) is 3.86. The lowest BCUT2D eigenvalue weighted by molar-refractivity contribution is -0.193. The third-order valence-electron chi connectivity index (χ3n) is 5.85. The molecule has 0 spiro atoms. The topological polar surface area (TPSA) is 129 Å². The van der Waals surface area contributed by atoms with E-state index in [4.69, 9.17) is 19.8 Å². The van der Waals surface area contributed by atoms with Crippen molar-refractivity contribution in [3.63, 3.8) is 0 Å². The molecule has 0 radical (unpaired) electrons. The molecule has 5 rings (SSSR count). The van der Waals surface area contributed by atoms with Crippen LogP contribution in [-0.2, 0) is 23.2 Å². The fraction of sp³-hybridized carbons (Fsp3) is 0.320. The van der Waals surface area contributed by atoms with Gasteiger partial charge in [0.15, 0.2) is 11.5 Å². The van der Waals surface area contributed by atoms with E-state index in [9.17, 15) is 30.7 Å². The van der Waals surface area contributed by atoms with Crippen molar-refractivity contribution in [3.05, 3.63) is 66.6 Å². The molecular formula is C25H24F7N7O4. The van der Waals surface area contributed by atoms with Crippen LogP contribution in [0, 0.1) is 5.82 Å². The Labute approximate surface area is 238 Å². The van der Waals surface area contributed by atoms with Crippen molar-refractivity contribution in [1.29, 1.82) is 0 Å². The number of rotatable bonds is 4. The highest BCUT2D eigenvalue weighted by Gasteiger charge is 2.38. The van der Waals surface area contributed by atoms with Crippen LogP contribution in [0.3, 0.4) is 0 Å². The van der Waals surface area contributed by atoms with Crippen LogP contribution in [0.5, 0.6) is 0 Å². The Kier molecular flexibility index (Phi) is 10.3. The summed E-state index contributed by atoms with van der Waals surface area (Å²) >= 11 is 0. The highest BCUT2D eigenvalue weighted by molar-refractivity contribution is 5.73. The summed E-state index contributed by atoms with van der Waals surface area (Å²) < 4.78 is 81.0. The molecule has 0 atom stereocenters. The first-order chi connectivity index (χ1) is 20.1. The van der Waals surface area contributed by atoms with Crippen LogP contribution in [0.15, 0.2) is 55.2 Å². The number of alkyl halides is 6. The van der Waals surface area contributed by atoms with E-state index in [1.54, 1.807) is 18.5 Å². The SMILES string of the molecule is Cn1cc(CN2CCN(c3nccn4c(-c5cccc(F)c5)cnc34)CC2)cn1.O=C(O)C(F)(F)F.O=C(O)C(F)(F)F. The molecule has 3 aromatic heterocycles. The monoisotopic (exact) mass is 619 g/mol. The zero-order chi connectivity index (χ0) is 31.9. The Morgan fingerprint density at radius 2 is 1.53 bits per heavy atom. The standard InChI is InChI=1S/C21H22FN7.2C2HF3O2/c1-26-14-16(12-25-26)15-27-7-9-28(10-8-27)20-21-24-13-19(29(21)6-5-23-20)17-3-2-4-18(22)11-17;2*3-2(4,5)1(6)7/h2-6,11-14H,7-10,15H2,1H3;2*(H,6,7). The summed E-state index contributed by atoms with van der Waals surface area (Å²) in [5, 5.41) is 18.5. The largest absolute Gasteiger partial charge is 0.490 e. The number of halogens is 7. The highest BCUT2D eigenvalue weighted by atomic mass is 19.4. The summed E-state index contributed by atoms with van der Waals surface area (Å²) in [6, 6.07) is 6.59. The maximum Gasteiger partial charge on any atom is 0.490 e. The number of piperazine rings is 1. The van der Waals surface area contributed by atoms with Gasteiger partial charge in [-0.25, -0.2) is 23.9 Å². The van der Waals surface area contributed by atoms with Crippen LogP contribution >= 0.6 is 0 Å². The van der Waals surface area contributed by atoms with Crippen LogP contribution in [-0.4, -0.2) is 89.7 Å². The lowest BCUT2D eigenvalue weighted by Crippen LogP contribution is -2.46. The van der Waals surface area contributed by atoms with Crippen molar-refractivity contribution in [1.82, 2.24) is 29.0 Å². The molecule has 0 unspecified atom stereocenters. The number of hydrogen-bond donors (Lipinski definition) is 2. The van der Waals surface area contributed by atoms with E-state index in [-0.39, 0.29) is 5.82 Å². The van der Waals surface area contributed by atoms with Gasteiger partial charge in [-0.15, -0.1) is 0 Å². The molecule has 232 valence electrons. The number of aliphatic carboxylic acids is 2. The molecule has 1 aliphatic rings. The second kappa shape index (κ2) is 13.5. The number of carboxylic acid groups (broad SMARTS) is 2. The molecule has 4 aromatic rings. The first-order valence-corrected chi connectivity index (χ1v) is 12.2. The van der Waals surface area contributed by atoms with E-state index >= 15 is 0 Å². The second-order valence-corrected chi connectivity index (χ2v) is 8.99. The first-order valence-electron chi connectivity index (χ1n) is 12.2. The van der Waals surface area contributed by atoms with Crippen LogP contribution in [0.2, 0.25) is 0 Å². The van der Waals surface area contributed by atoms with Crippen molar-refractivity contribution >= 4 is 23.4 Å². The van der Waals surface area contributed by atoms with Crippen molar-refractivity contribution in [2.75, 3.05) is 31.1 Å². The minimum Gasteiger partial charge on any atom is -0.475 e. The number of nitrogens with zero attached hydrogens (tertiary/aromatic N) is 7. The van der Waals surface area contributed by atoms with E-state index < -0.39 is 24.3 Å². The Hall–Kier alpha value is -4.74. The molecule has 4 heterocycles. The molecule has 1 aromatic carbocycles. The molecule has 0 aliphatic carbocycles. The fourth-order valence-corrected chi connectivity index (χ4v) is 3.92. The van der Waals surface area contributed by atoms with Crippen molar-refractivity contribution in [2.45, 2.75) is 18.9 Å². The molecule has 18 heteroatoms. The van der Waals surface area contributed by atoms with Crippen molar-refractivity contribution in [2.24, 2.45) is 7.05 Å². The van der Waals surface area contributed by atoms with E-state index in [0.717, 1.165) is 55.4 Å². The third kappa shape index (κ3) is 9.12. The molecule has 43 heavy (non-hydrogen) atoms. The molecular weight excluding hydrogens is 595 g/mol. The number of aryl methyl sites for hydroxylation is 1. The number of aromatic nitrogens is 5. The van der Waals surface area contributed by atoms with Gasteiger partial charge in [0.1, 0.15) is 5.82 Å². The number of carboxylic acids is 2. The molecule has 1 fully saturated rings. The lowest BCUT2D eigenvalue weighted by Gasteiger charge is -2.35. The van der Waals surface area contributed by atoms with Gasteiger partial charge < -0.3 is 15.1 Å². The average molecular weight is 619 g/mol. The Morgan fingerprint density at radius 3 is 2.05 bits per heavy atom. The van der Waals surface area contributed by atoms with Gasteiger partial charge in [0.2, 0.25) is 0 Å². The summed E-state index contributed by atoms with van der Waals surface area (Å²) in [5.74, 6) is -4.90. The second-order valence-electron chi connectivity index (χ2n) is 8.99. The smallest absolute Gasteiger partial charge is 0.475 e. The number of fused-ring (bicyclic) bond motifs is 1. The zero-order valence-corrected chi connectivity index (χ0v) is 22.2. The molecule has 11 nitrogen and oxygen atoms in total. The molecule has 0 saturated carbocycles. The van der Waals surface area contributed by atoms with Crippen LogP contribution in [0.4, 0.5) is 36.6 Å². The van der Waals surface area contributed by atoms with Gasteiger partial charge in [0.05, 0.1) is 18.1 Å². The number of imidazole rings is 1.